The molecule has 0 aromatic heterocycles. The summed E-state index contributed by atoms with van der Waals surface area (Å²) in [4.78, 5) is 12.2. The molecule has 1 atom stereocenters. The van der Waals surface area contributed by atoms with Crippen LogP contribution in [-0.2, 0) is 9.53 Å². The van der Waals surface area contributed by atoms with Gasteiger partial charge in [0, 0.05) is 25.3 Å². The first-order valence-corrected chi connectivity index (χ1v) is 8.41. The van der Waals surface area contributed by atoms with Crippen molar-refractivity contribution in [1.29, 1.82) is 0 Å². The normalized spacial score (nSPS) is 16.8. The summed E-state index contributed by atoms with van der Waals surface area (Å²) >= 11 is 0. The summed E-state index contributed by atoms with van der Waals surface area (Å²) in [5.41, 5.74) is 0.780. The maximum absolute atomic E-state index is 12.2. The van der Waals surface area contributed by atoms with Crippen molar-refractivity contribution in [1.82, 2.24) is 5.32 Å². The van der Waals surface area contributed by atoms with E-state index >= 15 is 0 Å². The van der Waals surface area contributed by atoms with Crippen LogP contribution in [0.5, 0.6) is 5.75 Å². The zero-order valence-electron chi connectivity index (χ0n) is 14.1. The van der Waals surface area contributed by atoms with Gasteiger partial charge in [-0.3, -0.25) is 4.79 Å². The van der Waals surface area contributed by atoms with E-state index in [1.807, 2.05) is 24.3 Å². The van der Waals surface area contributed by atoms with Crippen molar-refractivity contribution in [2.45, 2.75) is 26.2 Å². The van der Waals surface area contributed by atoms with Gasteiger partial charge in [-0.15, -0.1) is 0 Å². The van der Waals surface area contributed by atoms with Gasteiger partial charge in [-0.05, 0) is 49.9 Å². The molecule has 0 aliphatic carbocycles. The van der Waals surface area contributed by atoms with Crippen LogP contribution in [0.1, 0.15) is 26.2 Å². The van der Waals surface area contributed by atoms with E-state index in [4.69, 9.17) is 9.47 Å². The highest BCUT2D eigenvalue weighted by molar-refractivity contribution is 5.91. The summed E-state index contributed by atoms with van der Waals surface area (Å²) in [6, 6.07) is 7.50. The number of carbonyl (C=O) groups is 1. The second kappa shape index (κ2) is 9.53. The number of hydrogen-bond donors (Lipinski definition) is 2. The fraction of sp³-hybridized carbons (Fsp3) is 0.611. The third kappa shape index (κ3) is 6.20. The second-order valence-corrected chi connectivity index (χ2v) is 6.19. The average Bonchev–Trinajstić information content (AvgIpc) is 2.56. The molecular weight excluding hydrogens is 292 g/mol. The van der Waals surface area contributed by atoms with Gasteiger partial charge in [0.25, 0.3) is 0 Å². The zero-order chi connectivity index (χ0) is 16.5. The van der Waals surface area contributed by atoms with E-state index < -0.39 is 0 Å². The highest BCUT2D eigenvalue weighted by atomic mass is 16.5. The Kier molecular flexibility index (Phi) is 7.36. The minimum atomic E-state index is 0.0741. The molecule has 1 unspecified atom stereocenters. The number of carbonyl (C=O) groups excluding carboxylic acids is 1. The first-order valence-electron chi connectivity index (χ1n) is 8.41. The summed E-state index contributed by atoms with van der Waals surface area (Å²) in [5.74, 6) is 1.88. The maximum atomic E-state index is 12.2. The molecule has 0 spiro atoms. The van der Waals surface area contributed by atoms with E-state index in [9.17, 15) is 4.79 Å². The van der Waals surface area contributed by atoms with Crippen LogP contribution in [0, 0.1) is 11.8 Å². The fourth-order valence-electron chi connectivity index (χ4n) is 2.99. The number of rotatable bonds is 8. The van der Waals surface area contributed by atoms with Gasteiger partial charge in [0.05, 0.1) is 6.61 Å². The molecule has 2 N–H and O–H groups in total. The molecule has 0 bridgehead atoms. The van der Waals surface area contributed by atoms with Crippen LogP contribution in [0.25, 0.3) is 0 Å². The Morgan fingerprint density at radius 1 is 1.35 bits per heavy atom. The van der Waals surface area contributed by atoms with Crippen LogP contribution in [-0.4, -0.2) is 39.3 Å². The summed E-state index contributed by atoms with van der Waals surface area (Å²) < 4.78 is 10.5. The lowest BCUT2D eigenvalue weighted by Crippen LogP contribution is -2.32. The summed E-state index contributed by atoms with van der Waals surface area (Å²) in [6.45, 7) is 5.36. The van der Waals surface area contributed by atoms with Crippen LogP contribution in [0.2, 0.25) is 0 Å². The van der Waals surface area contributed by atoms with Gasteiger partial charge >= 0.3 is 0 Å². The fourth-order valence-corrected chi connectivity index (χ4v) is 2.99. The number of nitrogens with one attached hydrogen (secondary N) is 2. The number of amides is 1. The quantitative estimate of drug-likeness (QED) is 0.723. The molecule has 1 saturated heterocycles. The SMILES string of the molecule is COCCOc1cccc(NC(=O)CC(C)C2CCNCC2)c1. The molecule has 23 heavy (non-hydrogen) atoms. The largest absolute Gasteiger partial charge is 0.491 e. The average molecular weight is 320 g/mol. The number of methoxy groups -OCH3 is 1. The Morgan fingerprint density at radius 2 is 2.13 bits per heavy atom. The first-order chi connectivity index (χ1) is 11.2. The minimum absolute atomic E-state index is 0.0741. The smallest absolute Gasteiger partial charge is 0.224 e. The maximum Gasteiger partial charge on any atom is 0.224 e. The zero-order valence-corrected chi connectivity index (χ0v) is 14.1. The summed E-state index contributed by atoms with van der Waals surface area (Å²) in [5, 5.41) is 6.34. The van der Waals surface area contributed by atoms with Crippen molar-refractivity contribution >= 4 is 11.6 Å². The van der Waals surface area contributed by atoms with Crippen molar-refractivity contribution in [2.75, 3.05) is 38.7 Å². The van der Waals surface area contributed by atoms with Crippen LogP contribution in [0.4, 0.5) is 5.69 Å². The Morgan fingerprint density at radius 3 is 2.87 bits per heavy atom. The molecule has 2 rings (SSSR count). The van der Waals surface area contributed by atoms with E-state index in [1.54, 1.807) is 7.11 Å². The predicted octanol–water partition coefficient (Wildman–Crippen LogP) is 2.68. The predicted molar refractivity (Wildman–Crippen MR) is 91.8 cm³/mol. The van der Waals surface area contributed by atoms with Gasteiger partial charge in [0.2, 0.25) is 5.91 Å². The van der Waals surface area contributed by atoms with E-state index in [-0.39, 0.29) is 5.91 Å². The molecule has 1 aliphatic rings. The van der Waals surface area contributed by atoms with Crippen LogP contribution < -0.4 is 15.4 Å². The van der Waals surface area contributed by atoms with Gasteiger partial charge in [-0.2, -0.15) is 0 Å². The van der Waals surface area contributed by atoms with E-state index in [0.29, 0.717) is 31.5 Å². The number of benzene rings is 1. The molecule has 0 saturated carbocycles. The molecule has 1 aliphatic heterocycles. The molecular formula is C18H28N2O3. The van der Waals surface area contributed by atoms with E-state index in [2.05, 4.69) is 17.6 Å². The molecule has 1 fully saturated rings. The van der Waals surface area contributed by atoms with Crippen molar-refractivity contribution in [3.05, 3.63) is 24.3 Å². The van der Waals surface area contributed by atoms with Crippen LogP contribution in [0.15, 0.2) is 24.3 Å². The third-order valence-electron chi connectivity index (χ3n) is 4.37. The lowest BCUT2D eigenvalue weighted by molar-refractivity contribution is -0.117. The topological polar surface area (TPSA) is 59.6 Å². The molecule has 1 heterocycles. The van der Waals surface area contributed by atoms with E-state index in [0.717, 1.165) is 37.4 Å². The molecule has 5 heteroatoms. The molecule has 0 radical (unpaired) electrons. The number of ether oxygens (including phenoxy) is 2. The highest BCUT2D eigenvalue weighted by Gasteiger charge is 2.22. The van der Waals surface area contributed by atoms with E-state index in [1.165, 1.54) is 0 Å². The van der Waals surface area contributed by atoms with Crippen molar-refractivity contribution in [2.24, 2.45) is 11.8 Å². The molecule has 1 aromatic carbocycles. The van der Waals surface area contributed by atoms with Gasteiger partial charge in [-0.1, -0.05) is 13.0 Å². The monoisotopic (exact) mass is 320 g/mol. The summed E-state index contributed by atoms with van der Waals surface area (Å²) in [7, 11) is 1.64. The Hall–Kier alpha value is -1.59. The van der Waals surface area contributed by atoms with Crippen molar-refractivity contribution < 1.29 is 14.3 Å². The minimum Gasteiger partial charge on any atom is -0.491 e. The van der Waals surface area contributed by atoms with Crippen molar-refractivity contribution in [3.8, 4) is 5.75 Å². The number of anilines is 1. The lowest BCUT2D eigenvalue weighted by Gasteiger charge is -2.27. The number of hydrogen-bond acceptors (Lipinski definition) is 4. The third-order valence-corrected chi connectivity index (χ3v) is 4.37. The molecule has 1 amide bonds. The van der Waals surface area contributed by atoms with Gasteiger partial charge in [0.1, 0.15) is 12.4 Å². The number of piperidine rings is 1. The van der Waals surface area contributed by atoms with Crippen LogP contribution in [0.3, 0.4) is 0 Å². The Bertz CT molecular complexity index is 487. The lowest BCUT2D eigenvalue weighted by atomic mass is 9.84. The van der Waals surface area contributed by atoms with Crippen LogP contribution >= 0.6 is 0 Å². The van der Waals surface area contributed by atoms with Gasteiger partial charge in [-0.25, -0.2) is 0 Å². The standard InChI is InChI=1S/C18H28N2O3/c1-14(15-6-8-19-9-7-15)12-18(21)20-16-4-3-5-17(13-16)23-11-10-22-2/h3-5,13-15,19H,6-12H2,1-2H3,(H,20,21). The Labute approximate surface area is 138 Å². The molecule has 5 nitrogen and oxygen atoms in total. The first kappa shape index (κ1) is 17.8. The highest BCUT2D eigenvalue weighted by Crippen LogP contribution is 2.25. The van der Waals surface area contributed by atoms with Gasteiger partial charge < -0.3 is 20.1 Å². The summed E-state index contributed by atoms with van der Waals surface area (Å²) in [6.07, 6.45) is 2.90. The molecule has 128 valence electrons. The second-order valence-electron chi connectivity index (χ2n) is 6.19. The van der Waals surface area contributed by atoms with Gasteiger partial charge in [0.15, 0.2) is 0 Å². The van der Waals surface area contributed by atoms with Crippen molar-refractivity contribution in [3.63, 3.8) is 0 Å². The Balaban J connectivity index is 1.80. The molecule has 1 aromatic rings.